The lowest BCUT2D eigenvalue weighted by molar-refractivity contribution is 0.466. The van der Waals surface area contributed by atoms with E-state index >= 15 is 0 Å². The van der Waals surface area contributed by atoms with Crippen LogP contribution in [-0.4, -0.2) is 5.11 Å². The van der Waals surface area contributed by atoms with Crippen LogP contribution >= 0.6 is 15.9 Å². The van der Waals surface area contributed by atoms with E-state index in [1.54, 1.807) is 0 Å². The van der Waals surface area contributed by atoms with Crippen LogP contribution in [0, 0.1) is 20.8 Å². The second-order valence-corrected chi connectivity index (χ2v) is 3.66. The maximum absolute atomic E-state index is 9.62. The molecule has 0 aliphatic heterocycles. The fourth-order valence-corrected chi connectivity index (χ4v) is 2.28. The lowest BCUT2D eigenvalue weighted by atomic mass is 10.00. The molecule has 1 aromatic carbocycles. The highest BCUT2D eigenvalue weighted by Gasteiger charge is 2.07. The normalized spacial score (nSPS) is 10.3. The third kappa shape index (κ3) is 1.48. The van der Waals surface area contributed by atoms with Crippen molar-refractivity contribution in [3.8, 4) is 5.75 Å². The lowest BCUT2D eigenvalue weighted by Crippen LogP contribution is -1.92. The summed E-state index contributed by atoms with van der Waals surface area (Å²) in [6.07, 6.45) is 0. The van der Waals surface area contributed by atoms with Crippen LogP contribution in [0.1, 0.15) is 22.3 Å². The molecule has 12 heavy (non-hydrogen) atoms. The fourth-order valence-electron chi connectivity index (χ4n) is 1.42. The second-order valence-electron chi connectivity index (χ2n) is 3.10. The Morgan fingerprint density at radius 1 is 1.25 bits per heavy atom. The number of aromatic hydroxyl groups is 1. The van der Waals surface area contributed by atoms with E-state index in [4.69, 9.17) is 0 Å². The molecule has 0 aliphatic rings. The van der Waals surface area contributed by atoms with E-state index in [-0.39, 0.29) is 0 Å². The van der Waals surface area contributed by atoms with Gasteiger partial charge in [0, 0.05) is 5.33 Å². The molecule has 1 nitrogen and oxygen atoms in total. The van der Waals surface area contributed by atoms with E-state index in [1.807, 2.05) is 19.9 Å². The Bertz CT molecular complexity index is 305. The van der Waals surface area contributed by atoms with Gasteiger partial charge in [-0.25, -0.2) is 0 Å². The maximum atomic E-state index is 9.62. The number of alkyl halides is 1. The largest absolute Gasteiger partial charge is 0.507 e. The second kappa shape index (κ2) is 3.48. The molecule has 1 rings (SSSR count). The minimum absolute atomic E-state index is 0.426. The van der Waals surface area contributed by atoms with Gasteiger partial charge in [-0.2, -0.15) is 0 Å². The van der Waals surface area contributed by atoms with Crippen molar-refractivity contribution in [2.75, 3.05) is 0 Å². The molecule has 0 saturated carbocycles. The molecule has 0 radical (unpaired) electrons. The Balaban J connectivity index is 3.40. The number of phenols is 1. The quantitative estimate of drug-likeness (QED) is 0.733. The first-order chi connectivity index (χ1) is 5.57. The van der Waals surface area contributed by atoms with E-state index in [9.17, 15) is 5.11 Å². The molecule has 0 amide bonds. The van der Waals surface area contributed by atoms with Crippen molar-refractivity contribution in [3.63, 3.8) is 0 Å². The standard InChI is InChI=1S/C10H13BrO/c1-6-4-7(2)10(12)8(3)9(6)5-11/h4,12H,5H2,1-3H3. The summed E-state index contributed by atoms with van der Waals surface area (Å²) >= 11 is 3.41. The van der Waals surface area contributed by atoms with Crippen LogP contribution in [0.15, 0.2) is 6.07 Å². The summed E-state index contributed by atoms with van der Waals surface area (Å²) in [6.45, 7) is 5.94. The maximum Gasteiger partial charge on any atom is 0.121 e. The summed E-state index contributed by atoms with van der Waals surface area (Å²) in [7, 11) is 0. The van der Waals surface area contributed by atoms with E-state index in [2.05, 4.69) is 22.9 Å². The molecule has 0 fully saturated rings. The number of phenolic OH excluding ortho intramolecular Hbond substituents is 1. The molecule has 0 spiro atoms. The summed E-state index contributed by atoms with van der Waals surface area (Å²) in [6, 6.07) is 2.01. The topological polar surface area (TPSA) is 20.2 Å². The van der Waals surface area contributed by atoms with Gasteiger partial charge in [0.15, 0.2) is 0 Å². The van der Waals surface area contributed by atoms with Crippen LogP contribution in [0.5, 0.6) is 5.75 Å². The average molecular weight is 229 g/mol. The molecule has 0 bridgehead atoms. The molecule has 0 unspecified atom stereocenters. The van der Waals surface area contributed by atoms with E-state index in [1.165, 1.54) is 11.1 Å². The molecule has 0 saturated heterocycles. The predicted molar refractivity (Wildman–Crippen MR) is 54.9 cm³/mol. The number of aryl methyl sites for hydroxylation is 2. The van der Waals surface area contributed by atoms with Crippen molar-refractivity contribution in [1.29, 1.82) is 0 Å². The Morgan fingerprint density at radius 2 is 1.83 bits per heavy atom. The SMILES string of the molecule is Cc1cc(C)c(CBr)c(C)c1O. The van der Waals surface area contributed by atoms with Gasteiger partial charge in [0.2, 0.25) is 0 Å². The van der Waals surface area contributed by atoms with Crippen LogP contribution < -0.4 is 0 Å². The molecule has 2 heteroatoms. The average Bonchev–Trinajstić information content (AvgIpc) is 2.01. The molecule has 0 heterocycles. The Hall–Kier alpha value is -0.500. The van der Waals surface area contributed by atoms with E-state index in [0.717, 1.165) is 16.5 Å². The van der Waals surface area contributed by atoms with Gasteiger partial charge in [-0.1, -0.05) is 22.0 Å². The number of benzene rings is 1. The van der Waals surface area contributed by atoms with Crippen molar-refractivity contribution < 1.29 is 5.11 Å². The summed E-state index contributed by atoms with van der Waals surface area (Å²) in [5, 5.41) is 10.4. The third-order valence-electron chi connectivity index (χ3n) is 2.22. The monoisotopic (exact) mass is 228 g/mol. The Morgan fingerprint density at radius 3 is 2.33 bits per heavy atom. The van der Waals surface area contributed by atoms with Gasteiger partial charge in [0.05, 0.1) is 0 Å². The molecular formula is C10H13BrO. The van der Waals surface area contributed by atoms with Crippen LogP contribution in [0.3, 0.4) is 0 Å². The molecule has 1 N–H and O–H groups in total. The van der Waals surface area contributed by atoms with Crippen LogP contribution in [0.25, 0.3) is 0 Å². The Labute approximate surface area is 81.6 Å². The Kier molecular flexibility index (Phi) is 2.78. The van der Waals surface area contributed by atoms with Crippen molar-refractivity contribution >= 4 is 15.9 Å². The number of rotatable bonds is 1. The van der Waals surface area contributed by atoms with Gasteiger partial charge in [-0.05, 0) is 43.0 Å². The summed E-state index contributed by atoms with van der Waals surface area (Å²) in [5.74, 6) is 0.426. The van der Waals surface area contributed by atoms with Crippen LogP contribution in [0.4, 0.5) is 0 Å². The molecule has 0 aliphatic carbocycles. The molecular weight excluding hydrogens is 216 g/mol. The van der Waals surface area contributed by atoms with Gasteiger partial charge >= 0.3 is 0 Å². The van der Waals surface area contributed by atoms with E-state index < -0.39 is 0 Å². The molecule has 1 aromatic rings. The number of halogens is 1. The van der Waals surface area contributed by atoms with Gasteiger partial charge in [0.1, 0.15) is 5.75 Å². The molecule has 66 valence electrons. The molecule has 0 aromatic heterocycles. The van der Waals surface area contributed by atoms with Crippen molar-refractivity contribution in [2.45, 2.75) is 26.1 Å². The minimum Gasteiger partial charge on any atom is -0.507 e. The number of hydrogen-bond acceptors (Lipinski definition) is 1. The first-order valence-corrected chi connectivity index (χ1v) is 5.04. The van der Waals surface area contributed by atoms with Crippen molar-refractivity contribution in [1.82, 2.24) is 0 Å². The van der Waals surface area contributed by atoms with Crippen LogP contribution in [-0.2, 0) is 5.33 Å². The predicted octanol–water partition coefficient (Wildman–Crippen LogP) is 3.21. The highest BCUT2D eigenvalue weighted by Crippen LogP contribution is 2.28. The summed E-state index contributed by atoms with van der Waals surface area (Å²) < 4.78 is 0. The first kappa shape index (κ1) is 9.59. The fraction of sp³-hybridized carbons (Fsp3) is 0.400. The highest BCUT2D eigenvalue weighted by atomic mass is 79.9. The van der Waals surface area contributed by atoms with Gasteiger partial charge in [0.25, 0.3) is 0 Å². The molecule has 0 atom stereocenters. The van der Waals surface area contributed by atoms with Crippen molar-refractivity contribution in [2.24, 2.45) is 0 Å². The number of hydrogen-bond donors (Lipinski definition) is 1. The zero-order chi connectivity index (χ0) is 9.30. The highest BCUT2D eigenvalue weighted by molar-refractivity contribution is 9.08. The van der Waals surface area contributed by atoms with Gasteiger partial charge < -0.3 is 5.11 Å². The van der Waals surface area contributed by atoms with Gasteiger partial charge in [-0.3, -0.25) is 0 Å². The zero-order valence-corrected chi connectivity index (χ0v) is 9.20. The first-order valence-electron chi connectivity index (χ1n) is 3.92. The summed E-state index contributed by atoms with van der Waals surface area (Å²) in [4.78, 5) is 0. The minimum atomic E-state index is 0.426. The van der Waals surface area contributed by atoms with Gasteiger partial charge in [-0.15, -0.1) is 0 Å². The lowest BCUT2D eigenvalue weighted by Gasteiger charge is -2.10. The van der Waals surface area contributed by atoms with Crippen molar-refractivity contribution in [3.05, 3.63) is 28.3 Å². The van der Waals surface area contributed by atoms with Crippen LogP contribution in [0.2, 0.25) is 0 Å². The third-order valence-corrected chi connectivity index (χ3v) is 2.78. The smallest absolute Gasteiger partial charge is 0.121 e. The van der Waals surface area contributed by atoms with E-state index in [0.29, 0.717) is 5.75 Å². The summed E-state index contributed by atoms with van der Waals surface area (Å²) in [5.41, 5.74) is 4.37. The zero-order valence-electron chi connectivity index (χ0n) is 7.61.